The minimum Gasteiger partial charge on any atom is -0.497 e. The zero-order valence-electron chi connectivity index (χ0n) is 15.5. The van der Waals surface area contributed by atoms with Crippen molar-refractivity contribution in [2.75, 3.05) is 19.0 Å². The molecule has 9 heteroatoms. The van der Waals surface area contributed by atoms with Crippen LogP contribution < -0.4 is 15.4 Å². The van der Waals surface area contributed by atoms with E-state index in [1.807, 2.05) is 24.3 Å². The molecule has 8 nitrogen and oxygen atoms in total. The average molecular weight is 392 g/mol. The second-order valence-corrected chi connectivity index (χ2v) is 6.78. The Balaban J connectivity index is 1.71. The fourth-order valence-electron chi connectivity index (χ4n) is 3.45. The van der Waals surface area contributed by atoms with E-state index in [4.69, 9.17) is 4.74 Å². The van der Waals surface area contributed by atoms with Crippen LogP contribution in [0.25, 0.3) is 27.9 Å². The molecule has 1 aliphatic heterocycles. The highest BCUT2D eigenvalue weighted by Gasteiger charge is 2.26. The highest BCUT2D eigenvalue weighted by molar-refractivity contribution is 5.93. The first-order chi connectivity index (χ1) is 14.1. The topological polar surface area (TPSA) is 93.4 Å². The number of nitrogens with zero attached hydrogens (tertiary/aromatic N) is 4. The van der Waals surface area contributed by atoms with Crippen LogP contribution in [0.4, 0.5) is 10.3 Å². The van der Waals surface area contributed by atoms with E-state index in [0.717, 1.165) is 5.56 Å². The molecule has 0 spiro atoms. The Labute approximate surface area is 164 Å². The number of methoxy groups -OCH3 is 1. The van der Waals surface area contributed by atoms with Crippen molar-refractivity contribution < 1.29 is 13.9 Å². The van der Waals surface area contributed by atoms with Gasteiger partial charge in [-0.2, -0.15) is 4.52 Å². The number of nitrogens with one attached hydrogen (secondary N) is 2. The number of hydrogen-bond donors (Lipinski definition) is 2. The molecule has 0 saturated carbocycles. The molecule has 1 amide bonds. The molecule has 0 unspecified atom stereocenters. The molecule has 2 N–H and O–H groups in total. The highest BCUT2D eigenvalue weighted by Crippen LogP contribution is 2.27. The predicted molar refractivity (Wildman–Crippen MR) is 105 cm³/mol. The van der Waals surface area contributed by atoms with Crippen molar-refractivity contribution >= 4 is 28.4 Å². The lowest BCUT2D eigenvalue weighted by molar-refractivity contribution is -0.119. The van der Waals surface area contributed by atoms with Gasteiger partial charge in [-0.1, -0.05) is 12.1 Å². The monoisotopic (exact) mass is 392 g/mol. The van der Waals surface area contributed by atoms with Crippen LogP contribution in [0.2, 0.25) is 0 Å². The molecular formula is C20H17FN6O2. The normalized spacial score (nSPS) is 16.3. The summed E-state index contributed by atoms with van der Waals surface area (Å²) in [5, 5.41) is 11.0. The maximum absolute atomic E-state index is 13.9. The fourth-order valence-corrected chi connectivity index (χ4v) is 3.45. The second-order valence-electron chi connectivity index (χ2n) is 6.78. The van der Waals surface area contributed by atoms with Crippen LogP contribution in [0, 0.1) is 5.82 Å². The van der Waals surface area contributed by atoms with Crippen molar-refractivity contribution in [2.45, 2.75) is 12.5 Å². The van der Waals surface area contributed by atoms with Gasteiger partial charge in [0.15, 0.2) is 11.5 Å². The number of carbonyl (C=O) groups is 1. The molecule has 1 fully saturated rings. The van der Waals surface area contributed by atoms with E-state index >= 15 is 0 Å². The Bertz CT molecular complexity index is 1250. The van der Waals surface area contributed by atoms with Gasteiger partial charge < -0.3 is 15.4 Å². The minimum atomic E-state index is -0.409. The van der Waals surface area contributed by atoms with Crippen LogP contribution >= 0.6 is 0 Å². The lowest BCUT2D eigenvalue weighted by Crippen LogP contribution is -2.30. The molecule has 29 heavy (non-hydrogen) atoms. The van der Waals surface area contributed by atoms with E-state index < -0.39 is 6.04 Å². The fraction of sp³-hybridized carbons (Fsp3) is 0.200. The second kappa shape index (κ2) is 6.69. The molecule has 0 bridgehead atoms. The number of benzene rings is 2. The Morgan fingerprint density at radius 3 is 2.93 bits per heavy atom. The number of carbonyl (C=O) groups excluding carboxylic acids is 1. The molecule has 146 valence electrons. The summed E-state index contributed by atoms with van der Waals surface area (Å²) >= 11 is 0. The zero-order valence-corrected chi connectivity index (χ0v) is 15.5. The van der Waals surface area contributed by atoms with Gasteiger partial charge in [0.05, 0.1) is 12.6 Å². The number of anilines is 1. The molecule has 1 saturated heterocycles. The third kappa shape index (κ3) is 3.00. The first kappa shape index (κ1) is 17.4. The predicted octanol–water partition coefficient (Wildman–Crippen LogP) is 2.39. The zero-order chi connectivity index (χ0) is 20.0. The molecule has 1 atom stereocenters. The lowest BCUT2D eigenvalue weighted by Gasteiger charge is -2.12. The number of fused-ring (bicyclic) bond motifs is 3. The first-order valence-electron chi connectivity index (χ1n) is 9.17. The minimum absolute atomic E-state index is 0.0905. The lowest BCUT2D eigenvalue weighted by atomic mass is 10.2. The van der Waals surface area contributed by atoms with Gasteiger partial charge >= 0.3 is 0 Å². The summed E-state index contributed by atoms with van der Waals surface area (Å²) in [5.41, 5.74) is 1.76. The van der Waals surface area contributed by atoms with Crippen LogP contribution in [-0.2, 0) is 4.79 Å². The van der Waals surface area contributed by atoms with Crippen molar-refractivity contribution in [3.8, 4) is 17.1 Å². The highest BCUT2D eigenvalue weighted by atomic mass is 19.1. The van der Waals surface area contributed by atoms with Crippen molar-refractivity contribution in [2.24, 2.45) is 0 Å². The van der Waals surface area contributed by atoms with E-state index in [1.165, 1.54) is 16.6 Å². The van der Waals surface area contributed by atoms with E-state index in [9.17, 15) is 9.18 Å². The van der Waals surface area contributed by atoms with E-state index in [-0.39, 0.29) is 11.7 Å². The standard InChI is InChI=1S/C20H17FN6O2/c1-29-13-4-2-3-11(9-13)17-25-18-14-10-12(21)5-6-15(14)23-20(27(18)26-17)24-16-7-8-22-19(16)28/h2-6,9-10,16H,7-8H2,1H3,(H,22,28)(H,23,24)/t16-/m0/s1. The Kier molecular flexibility index (Phi) is 4.01. The maximum atomic E-state index is 13.9. The Morgan fingerprint density at radius 2 is 2.14 bits per heavy atom. The van der Waals surface area contributed by atoms with E-state index in [2.05, 4.69) is 25.7 Å². The molecule has 2 aromatic carbocycles. The van der Waals surface area contributed by atoms with Crippen LogP contribution in [0.1, 0.15) is 6.42 Å². The number of halogens is 1. The first-order valence-corrected chi connectivity index (χ1v) is 9.17. The van der Waals surface area contributed by atoms with E-state index in [0.29, 0.717) is 47.0 Å². The van der Waals surface area contributed by atoms with Gasteiger partial charge in [-0.25, -0.2) is 14.4 Å². The summed E-state index contributed by atoms with van der Waals surface area (Å²) in [6, 6.07) is 11.3. The summed E-state index contributed by atoms with van der Waals surface area (Å²) in [6.07, 6.45) is 0.640. The molecule has 5 rings (SSSR count). The van der Waals surface area contributed by atoms with Gasteiger partial charge in [0.25, 0.3) is 0 Å². The summed E-state index contributed by atoms with van der Waals surface area (Å²) in [4.78, 5) is 21.2. The summed E-state index contributed by atoms with van der Waals surface area (Å²) in [5.74, 6) is 1.02. The van der Waals surface area contributed by atoms with E-state index in [1.54, 1.807) is 13.2 Å². The molecule has 0 radical (unpaired) electrons. The summed E-state index contributed by atoms with van der Waals surface area (Å²) in [7, 11) is 1.59. The average Bonchev–Trinajstić information content (AvgIpc) is 3.36. The van der Waals surface area contributed by atoms with Gasteiger partial charge in [-0.3, -0.25) is 4.79 Å². The molecular weight excluding hydrogens is 375 g/mol. The number of rotatable bonds is 4. The van der Waals surface area contributed by atoms with Crippen LogP contribution in [0.5, 0.6) is 5.75 Å². The van der Waals surface area contributed by atoms with Crippen molar-refractivity contribution in [3.05, 3.63) is 48.3 Å². The Morgan fingerprint density at radius 1 is 1.24 bits per heavy atom. The third-order valence-corrected chi connectivity index (χ3v) is 4.91. The number of amides is 1. The van der Waals surface area contributed by atoms with Gasteiger partial charge in [0.2, 0.25) is 11.9 Å². The van der Waals surface area contributed by atoms with Crippen LogP contribution in [0.15, 0.2) is 42.5 Å². The molecule has 3 heterocycles. The van der Waals surface area contributed by atoms with Crippen molar-refractivity contribution in [1.82, 2.24) is 24.9 Å². The largest absolute Gasteiger partial charge is 0.497 e. The molecule has 2 aromatic heterocycles. The molecule has 0 aliphatic carbocycles. The van der Waals surface area contributed by atoms with Crippen LogP contribution in [-0.4, -0.2) is 45.2 Å². The Hall–Kier alpha value is -3.75. The molecule has 1 aliphatic rings. The number of hydrogen-bond acceptors (Lipinski definition) is 6. The molecule has 4 aromatic rings. The quantitative estimate of drug-likeness (QED) is 0.554. The van der Waals surface area contributed by atoms with Crippen molar-refractivity contribution in [3.63, 3.8) is 0 Å². The maximum Gasteiger partial charge on any atom is 0.242 e. The number of ether oxygens (including phenoxy) is 1. The van der Waals surface area contributed by atoms with Crippen molar-refractivity contribution in [1.29, 1.82) is 0 Å². The van der Waals surface area contributed by atoms with Gasteiger partial charge in [-0.15, -0.1) is 5.10 Å². The van der Waals surface area contributed by atoms with Gasteiger partial charge in [0, 0.05) is 17.5 Å². The smallest absolute Gasteiger partial charge is 0.242 e. The number of aromatic nitrogens is 4. The summed E-state index contributed by atoms with van der Waals surface area (Å²) < 4.78 is 20.7. The summed E-state index contributed by atoms with van der Waals surface area (Å²) in [6.45, 7) is 0.602. The van der Waals surface area contributed by atoms with Gasteiger partial charge in [-0.05, 0) is 36.8 Å². The third-order valence-electron chi connectivity index (χ3n) is 4.91. The van der Waals surface area contributed by atoms with Gasteiger partial charge in [0.1, 0.15) is 17.6 Å². The SMILES string of the molecule is COc1cccc(-c2nc3c4cc(F)ccc4nc(N[C@H]4CCNC4=O)n3n2)c1. The van der Waals surface area contributed by atoms with Crippen LogP contribution in [0.3, 0.4) is 0 Å².